The predicted molar refractivity (Wildman–Crippen MR) is 74.8 cm³/mol. The van der Waals surface area contributed by atoms with Crippen molar-refractivity contribution < 1.29 is 9.84 Å². The number of morpholine rings is 1. The van der Waals surface area contributed by atoms with Crippen molar-refractivity contribution in [2.45, 2.75) is 19.4 Å². The molecule has 19 heavy (non-hydrogen) atoms. The van der Waals surface area contributed by atoms with Crippen molar-refractivity contribution in [2.24, 2.45) is 0 Å². The normalized spacial score (nSPS) is 24.0. The van der Waals surface area contributed by atoms with Crippen LogP contribution in [-0.2, 0) is 4.74 Å². The van der Waals surface area contributed by atoms with E-state index in [1.54, 1.807) is 0 Å². The van der Waals surface area contributed by atoms with E-state index in [-0.39, 0.29) is 6.10 Å². The summed E-state index contributed by atoms with van der Waals surface area (Å²) >= 11 is 0. The van der Waals surface area contributed by atoms with Crippen molar-refractivity contribution in [3.8, 4) is 0 Å². The molecule has 5 heteroatoms. The first-order valence-electron chi connectivity index (χ1n) is 6.97. The molecule has 2 saturated heterocycles. The number of ether oxygens (including phenoxy) is 1. The summed E-state index contributed by atoms with van der Waals surface area (Å²) < 4.78 is 5.38. The maximum absolute atomic E-state index is 9.65. The van der Waals surface area contributed by atoms with Gasteiger partial charge in [-0.2, -0.15) is 0 Å². The van der Waals surface area contributed by atoms with Crippen molar-refractivity contribution in [2.75, 3.05) is 49.2 Å². The molecule has 1 N–H and O–H groups in total. The van der Waals surface area contributed by atoms with Gasteiger partial charge in [0, 0.05) is 26.2 Å². The van der Waals surface area contributed by atoms with E-state index in [4.69, 9.17) is 9.72 Å². The molecule has 0 radical (unpaired) electrons. The Morgan fingerprint density at radius 2 is 1.84 bits per heavy atom. The maximum Gasteiger partial charge on any atom is 0.131 e. The van der Waals surface area contributed by atoms with Crippen LogP contribution in [0.25, 0.3) is 0 Å². The minimum atomic E-state index is -0.214. The highest BCUT2D eigenvalue weighted by Crippen LogP contribution is 2.24. The van der Waals surface area contributed by atoms with Gasteiger partial charge in [-0.25, -0.2) is 4.98 Å². The molecule has 0 spiro atoms. The Bertz CT molecular complexity index is 423. The van der Waals surface area contributed by atoms with E-state index in [1.807, 2.05) is 0 Å². The Morgan fingerprint density at radius 3 is 2.47 bits per heavy atom. The Labute approximate surface area is 113 Å². The summed E-state index contributed by atoms with van der Waals surface area (Å²) in [6.45, 7) is 7.03. The van der Waals surface area contributed by atoms with Crippen LogP contribution in [0.5, 0.6) is 0 Å². The summed E-state index contributed by atoms with van der Waals surface area (Å²) in [6, 6.07) is 4.23. The molecule has 3 heterocycles. The number of anilines is 2. The molecule has 2 aliphatic rings. The lowest BCUT2D eigenvalue weighted by atomic mass is 10.2. The smallest absolute Gasteiger partial charge is 0.131 e. The van der Waals surface area contributed by atoms with Crippen LogP contribution in [0.15, 0.2) is 12.1 Å². The standard InChI is InChI=1S/C14H21N3O2/c1-11-8-13(16-4-6-19-7-5-16)15-14(9-11)17-3-2-12(18)10-17/h8-9,12,18H,2-7,10H2,1H3. The van der Waals surface area contributed by atoms with Crippen molar-refractivity contribution in [3.05, 3.63) is 17.7 Å². The molecule has 3 rings (SSSR count). The quantitative estimate of drug-likeness (QED) is 0.855. The minimum absolute atomic E-state index is 0.214. The van der Waals surface area contributed by atoms with E-state index in [1.165, 1.54) is 5.56 Å². The summed E-state index contributed by atoms with van der Waals surface area (Å²) in [4.78, 5) is 9.20. The van der Waals surface area contributed by atoms with Gasteiger partial charge in [0.1, 0.15) is 11.6 Å². The van der Waals surface area contributed by atoms with Gasteiger partial charge < -0.3 is 19.6 Å². The van der Waals surface area contributed by atoms with E-state index in [0.717, 1.165) is 50.9 Å². The van der Waals surface area contributed by atoms with Crippen LogP contribution in [0.4, 0.5) is 11.6 Å². The first-order chi connectivity index (χ1) is 9.22. The fourth-order valence-corrected chi connectivity index (χ4v) is 2.70. The number of β-amino-alcohol motifs (C(OH)–C–C–N with tert-alkyl or cyclic N) is 1. The Hall–Kier alpha value is -1.33. The summed E-state index contributed by atoms with van der Waals surface area (Å²) in [5.41, 5.74) is 1.22. The number of aliphatic hydroxyl groups is 1. The molecule has 1 atom stereocenters. The van der Waals surface area contributed by atoms with E-state index < -0.39 is 0 Å². The molecule has 1 aromatic rings. The third-order valence-electron chi connectivity index (χ3n) is 3.77. The molecule has 1 unspecified atom stereocenters. The lowest BCUT2D eigenvalue weighted by Crippen LogP contribution is -2.37. The van der Waals surface area contributed by atoms with E-state index in [0.29, 0.717) is 6.54 Å². The molecule has 0 aromatic carbocycles. The van der Waals surface area contributed by atoms with Gasteiger partial charge in [-0.05, 0) is 31.0 Å². The second kappa shape index (κ2) is 5.35. The average molecular weight is 263 g/mol. The summed E-state index contributed by atoms with van der Waals surface area (Å²) in [6.07, 6.45) is 0.622. The van der Waals surface area contributed by atoms with E-state index >= 15 is 0 Å². The SMILES string of the molecule is Cc1cc(N2CCOCC2)nc(N2CCC(O)C2)c1. The minimum Gasteiger partial charge on any atom is -0.391 e. The second-order valence-electron chi connectivity index (χ2n) is 5.35. The number of hydrogen-bond donors (Lipinski definition) is 1. The lowest BCUT2D eigenvalue weighted by Gasteiger charge is -2.29. The molecule has 0 saturated carbocycles. The van der Waals surface area contributed by atoms with Crippen LogP contribution in [0.3, 0.4) is 0 Å². The number of aryl methyl sites for hydroxylation is 1. The molecular weight excluding hydrogens is 242 g/mol. The second-order valence-corrected chi connectivity index (χ2v) is 5.35. The van der Waals surface area contributed by atoms with E-state index in [9.17, 15) is 5.11 Å². The van der Waals surface area contributed by atoms with Crippen molar-refractivity contribution in [1.82, 2.24) is 4.98 Å². The zero-order chi connectivity index (χ0) is 13.2. The number of aliphatic hydroxyl groups excluding tert-OH is 1. The number of rotatable bonds is 2. The largest absolute Gasteiger partial charge is 0.391 e. The van der Waals surface area contributed by atoms with Gasteiger partial charge in [-0.1, -0.05) is 0 Å². The Kier molecular flexibility index (Phi) is 3.57. The molecule has 104 valence electrons. The van der Waals surface area contributed by atoms with Gasteiger partial charge >= 0.3 is 0 Å². The maximum atomic E-state index is 9.65. The molecule has 0 bridgehead atoms. The Morgan fingerprint density at radius 1 is 1.16 bits per heavy atom. The van der Waals surface area contributed by atoms with Gasteiger partial charge in [0.15, 0.2) is 0 Å². The first kappa shape index (κ1) is 12.7. The molecule has 5 nitrogen and oxygen atoms in total. The first-order valence-corrected chi connectivity index (χ1v) is 6.97. The predicted octanol–water partition coefficient (Wildman–Crippen LogP) is 0.798. The molecule has 0 aliphatic carbocycles. The van der Waals surface area contributed by atoms with Crippen LogP contribution >= 0.6 is 0 Å². The monoisotopic (exact) mass is 263 g/mol. The highest BCUT2D eigenvalue weighted by atomic mass is 16.5. The van der Waals surface area contributed by atoms with E-state index in [2.05, 4.69) is 28.9 Å². The van der Waals surface area contributed by atoms with Crippen LogP contribution in [0.2, 0.25) is 0 Å². The summed E-state index contributed by atoms with van der Waals surface area (Å²) in [7, 11) is 0. The zero-order valence-corrected chi connectivity index (χ0v) is 11.4. The summed E-state index contributed by atoms with van der Waals surface area (Å²) in [5, 5.41) is 9.65. The van der Waals surface area contributed by atoms with Crippen LogP contribution in [0.1, 0.15) is 12.0 Å². The van der Waals surface area contributed by atoms with Crippen LogP contribution in [-0.4, -0.2) is 55.6 Å². The average Bonchev–Trinajstić information content (AvgIpc) is 2.86. The third-order valence-corrected chi connectivity index (χ3v) is 3.77. The lowest BCUT2D eigenvalue weighted by molar-refractivity contribution is 0.122. The molecular formula is C14H21N3O2. The van der Waals surface area contributed by atoms with Crippen molar-refractivity contribution in [1.29, 1.82) is 0 Å². The third kappa shape index (κ3) is 2.82. The van der Waals surface area contributed by atoms with Crippen molar-refractivity contribution >= 4 is 11.6 Å². The number of pyridine rings is 1. The van der Waals surface area contributed by atoms with Gasteiger partial charge in [-0.3, -0.25) is 0 Å². The zero-order valence-electron chi connectivity index (χ0n) is 11.4. The number of aromatic nitrogens is 1. The molecule has 2 fully saturated rings. The summed E-state index contributed by atoms with van der Waals surface area (Å²) in [5.74, 6) is 2.01. The molecule has 0 amide bonds. The number of nitrogens with zero attached hydrogens (tertiary/aromatic N) is 3. The van der Waals surface area contributed by atoms with Gasteiger partial charge in [0.25, 0.3) is 0 Å². The Balaban J connectivity index is 1.83. The fraction of sp³-hybridized carbons (Fsp3) is 0.643. The van der Waals surface area contributed by atoms with Gasteiger partial charge in [-0.15, -0.1) is 0 Å². The van der Waals surface area contributed by atoms with Gasteiger partial charge in [0.05, 0.1) is 19.3 Å². The highest BCUT2D eigenvalue weighted by molar-refractivity contribution is 5.52. The topological polar surface area (TPSA) is 48.8 Å². The van der Waals surface area contributed by atoms with Gasteiger partial charge in [0.2, 0.25) is 0 Å². The number of hydrogen-bond acceptors (Lipinski definition) is 5. The van der Waals surface area contributed by atoms with Crippen LogP contribution < -0.4 is 9.80 Å². The highest BCUT2D eigenvalue weighted by Gasteiger charge is 2.22. The van der Waals surface area contributed by atoms with Crippen LogP contribution in [0, 0.1) is 6.92 Å². The van der Waals surface area contributed by atoms with Crippen molar-refractivity contribution in [3.63, 3.8) is 0 Å². The molecule has 1 aromatic heterocycles. The molecule has 2 aliphatic heterocycles. The fourth-order valence-electron chi connectivity index (χ4n) is 2.70.